The molecule has 8 nitrogen and oxygen atoms in total. The van der Waals surface area contributed by atoms with Crippen LogP contribution in [0.4, 0.5) is 0 Å². The van der Waals surface area contributed by atoms with E-state index in [1.54, 1.807) is 48.7 Å². The molecule has 1 atom stereocenters. The second-order valence-corrected chi connectivity index (χ2v) is 8.08. The van der Waals surface area contributed by atoms with Crippen molar-refractivity contribution in [3.8, 4) is 28.5 Å². The van der Waals surface area contributed by atoms with Gasteiger partial charge in [0.2, 0.25) is 0 Å². The number of aromatic nitrogens is 3. The molecule has 0 fully saturated rings. The lowest BCUT2D eigenvalue weighted by Crippen LogP contribution is -2.29. The first-order valence-electron chi connectivity index (χ1n) is 11.1. The van der Waals surface area contributed by atoms with Gasteiger partial charge in [-0.15, -0.1) is 0 Å². The summed E-state index contributed by atoms with van der Waals surface area (Å²) in [7, 11) is 1.57. The molecule has 0 bridgehead atoms. The zero-order valence-electron chi connectivity index (χ0n) is 19.1. The standard InChI is InChI=1S/C27H24N4O4/c1-3-13-35-21-11-10-18(14-22(21)34-2)26-23-24(19-8-4-5-9-20(19)32)29-30-25(23)27(33)31(26)16-17-7-6-12-28-15-17/h3-12,14-15,26,32H,1,13,16H2,2H3,(H,29,30)/t26-/m0/s1. The van der Waals surface area contributed by atoms with Crippen molar-refractivity contribution in [3.63, 3.8) is 0 Å². The molecule has 2 aromatic heterocycles. The minimum Gasteiger partial charge on any atom is -0.507 e. The Labute approximate surface area is 202 Å². The predicted octanol–water partition coefficient (Wildman–Crippen LogP) is 4.50. The van der Waals surface area contributed by atoms with Crippen LogP contribution in [-0.2, 0) is 6.54 Å². The minimum atomic E-state index is -0.478. The Morgan fingerprint density at radius 3 is 2.77 bits per heavy atom. The van der Waals surface area contributed by atoms with E-state index in [9.17, 15) is 9.90 Å². The Kier molecular flexibility index (Phi) is 5.93. The first-order valence-corrected chi connectivity index (χ1v) is 11.1. The van der Waals surface area contributed by atoms with Crippen molar-refractivity contribution in [2.45, 2.75) is 12.6 Å². The van der Waals surface area contributed by atoms with Crippen LogP contribution in [0.5, 0.6) is 17.2 Å². The number of aromatic hydroxyl groups is 1. The van der Waals surface area contributed by atoms with Crippen molar-refractivity contribution < 1.29 is 19.4 Å². The van der Waals surface area contributed by atoms with Crippen molar-refractivity contribution in [2.75, 3.05) is 13.7 Å². The second kappa shape index (κ2) is 9.34. The molecule has 2 N–H and O–H groups in total. The predicted molar refractivity (Wildman–Crippen MR) is 130 cm³/mol. The summed E-state index contributed by atoms with van der Waals surface area (Å²) in [5.74, 6) is 1.02. The molecule has 1 aliphatic rings. The van der Waals surface area contributed by atoms with Crippen LogP contribution < -0.4 is 9.47 Å². The van der Waals surface area contributed by atoms with E-state index in [0.29, 0.717) is 47.2 Å². The monoisotopic (exact) mass is 468 g/mol. The number of rotatable bonds is 8. The molecular formula is C27H24N4O4. The number of carbonyl (C=O) groups excluding carboxylic acids is 1. The maximum atomic E-state index is 13.6. The zero-order valence-corrected chi connectivity index (χ0v) is 19.1. The van der Waals surface area contributed by atoms with Crippen LogP contribution >= 0.6 is 0 Å². The highest BCUT2D eigenvalue weighted by atomic mass is 16.5. The Hall–Kier alpha value is -4.59. The molecule has 8 heteroatoms. The van der Waals surface area contributed by atoms with E-state index in [1.165, 1.54) is 0 Å². The van der Waals surface area contributed by atoms with Gasteiger partial charge in [0.15, 0.2) is 11.5 Å². The summed E-state index contributed by atoms with van der Waals surface area (Å²) in [5.41, 5.74) is 3.87. The number of phenols is 1. The van der Waals surface area contributed by atoms with Gasteiger partial charge >= 0.3 is 0 Å². The fourth-order valence-electron chi connectivity index (χ4n) is 4.40. The Bertz CT molecular complexity index is 1380. The molecule has 0 saturated carbocycles. The number of H-pyrrole nitrogens is 1. The second-order valence-electron chi connectivity index (χ2n) is 8.08. The van der Waals surface area contributed by atoms with Gasteiger partial charge in [-0.25, -0.2) is 0 Å². The molecule has 35 heavy (non-hydrogen) atoms. The first-order chi connectivity index (χ1) is 17.1. The number of hydrogen-bond donors (Lipinski definition) is 2. The third kappa shape index (κ3) is 3.99. The van der Waals surface area contributed by atoms with Gasteiger partial charge in [0.25, 0.3) is 5.91 Å². The molecule has 4 aromatic rings. The maximum absolute atomic E-state index is 13.6. The van der Waals surface area contributed by atoms with Crippen LogP contribution in [0.25, 0.3) is 11.3 Å². The number of benzene rings is 2. The van der Waals surface area contributed by atoms with E-state index >= 15 is 0 Å². The lowest BCUT2D eigenvalue weighted by molar-refractivity contribution is 0.0729. The van der Waals surface area contributed by atoms with Crippen molar-refractivity contribution >= 4 is 5.91 Å². The topological polar surface area (TPSA) is 101 Å². The molecular weight excluding hydrogens is 444 g/mol. The van der Waals surface area contributed by atoms with Crippen molar-refractivity contribution in [1.29, 1.82) is 0 Å². The van der Waals surface area contributed by atoms with E-state index in [0.717, 1.165) is 11.1 Å². The zero-order chi connectivity index (χ0) is 24.4. The van der Waals surface area contributed by atoms with Crippen molar-refractivity contribution in [2.24, 2.45) is 0 Å². The summed E-state index contributed by atoms with van der Waals surface area (Å²) in [6.45, 7) is 4.37. The molecule has 0 radical (unpaired) electrons. The van der Waals surface area contributed by atoms with Gasteiger partial charge in [-0.1, -0.05) is 36.9 Å². The van der Waals surface area contributed by atoms with Gasteiger partial charge in [-0.3, -0.25) is 14.9 Å². The van der Waals surface area contributed by atoms with Gasteiger partial charge in [-0.05, 0) is 41.5 Å². The van der Waals surface area contributed by atoms with Gasteiger partial charge in [-0.2, -0.15) is 5.10 Å². The summed E-state index contributed by atoms with van der Waals surface area (Å²) < 4.78 is 11.3. The van der Waals surface area contributed by atoms with Gasteiger partial charge < -0.3 is 19.5 Å². The number of aromatic amines is 1. The molecule has 0 aliphatic carbocycles. The lowest BCUT2D eigenvalue weighted by Gasteiger charge is -2.27. The number of nitrogens with one attached hydrogen (secondary N) is 1. The van der Waals surface area contributed by atoms with Crippen LogP contribution in [0.15, 0.2) is 79.6 Å². The number of fused-ring (bicyclic) bond motifs is 1. The fraction of sp³-hybridized carbons (Fsp3) is 0.148. The largest absolute Gasteiger partial charge is 0.507 e. The molecule has 5 rings (SSSR count). The number of ether oxygens (including phenoxy) is 2. The average Bonchev–Trinajstić information content (AvgIpc) is 3.42. The van der Waals surface area contributed by atoms with Crippen LogP contribution in [0.1, 0.15) is 33.2 Å². The maximum Gasteiger partial charge on any atom is 0.273 e. The van der Waals surface area contributed by atoms with Crippen LogP contribution in [0.2, 0.25) is 0 Å². The molecule has 0 unspecified atom stereocenters. The molecule has 2 aromatic carbocycles. The van der Waals surface area contributed by atoms with E-state index in [-0.39, 0.29) is 11.7 Å². The molecule has 0 saturated heterocycles. The fourth-order valence-corrected chi connectivity index (χ4v) is 4.40. The number of carbonyl (C=O) groups is 1. The number of phenolic OH excluding ortho intramolecular Hbond substituents is 1. The Balaban J connectivity index is 1.65. The van der Waals surface area contributed by atoms with Gasteiger partial charge in [0.05, 0.1) is 13.2 Å². The minimum absolute atomic E-state index is 0.0875. The number of para-hydroxylation sites is 1. The SMILES string of the molecule is C=CCOc1ccc([C@H]2c3c(-c4ccccc4O)n[nH]c3C(=O)N2Cc2cccnc2)cc1OC. The third-order valence-corrected chi connectivity index (χ3v) is 5.96. The summed E-state index contributed by atoms with van der Waals surface area (Å²) in [6.07, 6.45) is 5.10. The summed E-state index contributed by atoms with van der Waals surface area (Å²) in [4.78, 5) is 19.5. The van der Waals surface area contributed by atoms with E-state index < -0.39 is 6.04 Å². The normalized spacial score (nSPS) is 14.6. The Morgan fingerprint density at radius 1 is 1.17 bits per heavy atom. The van der Waals surface area contributed by atoms with Gasteiger partial charge in [0.1, 0.15) is 23.7 Å². The highest BCUT2D eigenvalue weighted by molar-refractivity contribution is 6.00. The van der Waals surface area contributed by atoms with E-state index in [4.69, 9.17) is 9.47 Å². The van der Waals surface area contributed by atoms with Crippen LogP contribution in [0.3, 0.4) is 0 Å². The van der Waals surface area contributed by atoms with Crippen molar-refractivity contribution in [3.05, 3.63) is 102 Å². The first kappa shape index (κ1) is 22.2. The van der Waals surface area contributed by atoms with Crippen LogP contribution in [0, 0.1) is 0 Å². The van der Waals surface area contributed by atoms with Crippen molar-refractivity contribution in [1.82, 2.24) is 20.1 Å². The molecule has 176 valence electrons. The molecule has 1 aliphatic heterocycles. The van der Waals surface area contributed by atoms with E-state index in [2.05, 4.69) is 21.8 Å². The highest BCUT2D eigenvalue weighted by Crippen LogP contribution is 2.46. The number of pyridine rings is 1. The van der Waals surface area contributed by atoms with E-state index in [1.807, 2.05) is 36.4 Å². The average molecular weight is 469 g/mol. The summed E-state index contributed by atoms with van der Waals surface area (Å²) >= 11 is 0. The number of amides is 1. The number of methoxy groups -OCH3 is 1. The quantitative estimate of drug-likeness (QED) is 0.370. The molecule has 0 spiro atoms. The summed E-state index contributed by atoms with van der Waals surface area (Å²) in [5, 5.41) is 17.9. The van der Waals surface area contributed by atoms with Gasteiger partial charge in [0, 0.05) is 30.1 Å². The highest BCUT2D eigenvalue weighted by Gasteiger charge is 2.42. The molecule has 1 amide bonds. The smallest absolute Gasteiger partial charge is 0.273 e. The molecule has 3 heterocycles. The third-order valence-electron chi connectivity index (χ3n) is 5.96. The van der Waals surface area contributed by atoms with Crippen LogP contribution in [-0.4, -0.2) is 44.8 Å². The summed E-state index contributed by atoms with van der Waals surface area (Å²) in [6, 6.07) is 15.8. The lowest BCUT2D eigenvalue weighted by atomic mass is 9.95. The number of nitrogens with zero attached hydrogens (tertiary/aromatic N) is 3. The Morgan fingerprint density at radius 2 is 2.03 bits per heavy atom. The number of hydrogen-bond acceptors (Lipinski definition) is 6.